The smallest absolute Gasteiger partial charge is 0.0564 e. The second-order valence-electron chi connectivity index (χ2n) is 6.41. The van der Waals surface area contributed by atoms with E-state index in [0.29, 0.717) is 0 Å². The van der Waals surface area contributed by atoms with Gasteiger partial charge in [0.1, 0.15) is 0 Å². The normalized spacial score (nSPS) is 41.4. The van der Waals surface area contributed by atoms with Crippen molar-refractivity contribution in [3.05, 3.63) is 0 Å². The van der Waals surface area contributed by atoms with Crippen molar-refractivity contribution in [1.29, 1.82) is 0 Å². The number of rotatable bonds is 2. The number of aliphatic hydroxyl groups excluding tert-OH is 1. The van der Waals surface area contributed by atoms with E-state index in [2.05, 4.69) is 4.90 Å². The lowest BCUT2D eigenvalue weighted by atomic mass is 9.80. The highest BCUT2D eigenvalue weighted by atomic mass is 16.3. The van der Waals surface area contributed by atoms with Gasteiger partial charge in [-0.25, -0.2) is 0 Å². The fourth-order valence-corrected chi connectivity index (χ4v) is 4.26. The van der Waals surface area contributed by atoms with Gasteiger partial charge in [-0.05, 0) is 49.9 Å². The fourth-order valence-electron chi connectivity index (χ4n) is 4.26. The largest absolute Gasteiger partial charge is 0.393 e. The third-order valence-electron chi connectivity index (χ3n) is 5.06. The molecule has 0 aromatic carbocycles. The molecule has 3 aliphatic rings. The van der Waals surface area contributed by atoms with Crippen LogP contribution in [-0.4, -0.2) is 35.7 Å². The molecule has 3 fully saturated rings. The molecule has 0 aromatic rings. The summed E-state index contributed by atoms with van der Waals surface area (Å²) in [4.78, 5) is 2.60. The van der Waals surface area contributed by atoms with E-state index in [4.69, 9.17) is 0 Å². The molecule has 1 unspecified atom stereocenters. The molecule has 0 aromatic heterocycles. The molecule has 2 saturated carbocycles. The lowest BCUT2D eigenvalue weighted by Crippen LogP contribution is -2.39. The van der Waals surface area contributed by atoms with Gasteiger partial charge in [0.15, 0.2) is 0 Å². The number of aliphatic hydroxyl groups is 1. The van der Waals surface area contributed by atoms with Gasteiger partial charge >= 0.3 is 0 Å². The van der Waals surface area contributed by atoms with Crippen LogP contribution in [0.2, 0.25) is 0 Å². The number of fused-ring (bicyclic) bond motifs is 2. The maximum absolute atomic E-state index is 9.50. The first-order valence-corrected chi connectivity index (χ1v) is 7.20. The molecule has 1 saturated heterocycles. The minimum atomic E-state index is -0.0150. The van der Waals surface area contributed by atoms with Crippen molar-refractivity contribution in [3.8, 4) is 0 Å². The first kappa shape index (κ1) is 11.0. The summed E-state index contributed by atoms with van der Waals surface area (Å²) in [6, 6.07) is 0. The van der Waals surface area contributed by atoms with Gasteiger partial charge in [0, 0.05) is 19.6 Å². The molecule has 3 atom stereocenters. The molecule has 0 spiro atoms. The minimum absolute atomic E-state index is 0.0150. The van der Waals surface area contributed by atoms with Crippen molar-refractivity contribution in [2.24, 2.45) is 17.8 Å². The van der Waals surface area contributed by atoms with E-state index < -0.39 is 0 Å². The van der Waals surface area contributed by atoms with Gasteiger partial charge in [0.05, 0.1) is 6.10 Å². The average Bonchev–Trinajstić information content (AvgIpc) is 2.62. The summed E-state index contributed by atoms with van der Waals surface area (Å²) in [6.07, 6.45) is 9.54. The van der Waals surface area contributed by atoms with Crippen LogP contribution in [0, 0.1) is 17.8 Å². The topological polar surface area (TPSA) is 23.5 Å². The van der Waals surface area contributed by atoms with Gasteiger partial charge in [0.2, 0.25) is 0 Å². The third kappa shape index (κ3) is 2.43. The van der Waals surface area contributed by atoms with Crippen LogP contribution in [0.1, 0.15) is 44.9 Å². The summed E-state index contributed by atoms with van der Waals surface area (Å²) in [5, 5.41) is 9.50. The van der Waals surface area contributed by atoms with Crippen molar-refractivity contribution in [3.63, 3.8) is 0 Å². The van der Waals surface area contributed by atoms with Gasteiger partial charge < -0.3 is 10.0 Å². The Morgan fingerprint density at radius 3 is 2.12 bits per heavy atom. The zero-order chi connectivity index (χ0) is 11.0. The summed E-state index contributed by atoms with van der Waals surface area (Å²) < 4.78 is 0. The Morgan fingerprint density at radius 1 is 0.875 bits per heavy atom. The van der Waals surface area contributed by atoms with Crippen LogP contribution < -0.4 is 0 Å². The molecule has 2 aliphatic carbocycles. The molecule has 1 aliphatic heterocycles. The molecule has 0 radical (unpaired) electrons. The third-order valence-corrected chi connectivity index (χ3v) is 5.06. The molecule has 2 nitrogen and oxygen atoms in total. The highest BCUT2D eigenvalue weighted by molar-refractivity contribution is 4.87. The molecule has 3 rings (SSSR count). The van der Waals surface area contributed by atoms with Crippen molar-refractivity contribution < 1.29 is 5.11 Å². The maximum Gasteiger partial charge on any atom is 0.0564 e. The van der Waals surface area contributed by atoms with Crippen molar-refractivity contribution >= 4 is 0 Å². The van der Waals surface area contributed by atoms with E-state index in [1.165, 1.54) is 38.6 Å². The van der Waals surface area contributed by atoms with Crippen LogP contribution in [0.15, 0.2) is 0 Å². The van der Waals surface area contributed by atoms with E-state index in [-0.39, 0.29) is 6.10 Å². The fraction of sp³-hybridized carbons (Fsp3) is 1.00. The van der Waals surface area contributed by atoms with Crippen LogP contribution in [0.3, 0.4) is 0 Å². The SMILES string of the molecule is OC1CCN(CC2C[C@H]3CC[C@@H](C2)C3)CC1. The minimum Gasteiger partial charge on any atom is -0.393 e. The van der Waals surface area contributed by atoms with Gasteiger partial charge in [-0.1, -0.05) is 12.8 Å². The summed E-state index contributed by atoms with van der Waals surface area (Å²) in [5.41, 5.74) is 0. The zero-order valence-electron chi connectivity index (χ0n) is 10.3. The summed E-state index contributed by atoms with van der Waals surface area (Å²) in [5.74, 6) is 3.11. The predicted molar refractivity (Wildman–Crippen MR) is 65.2 cm³/mol. The second-order valence-corrected chi connectivity index (χ2v) is 6.41. The Balaban J connectivity index is 1.48. The van der Waals surface area contributed by atoms with Crippen LogP contribution in [-0.2, 0) is 0 Å². The Labute approximate surface area is 99.0 Å². The van der Waals surface area contributed by atoms with Gasteiger partial charge in [-0.15, -0.1) is 0 Å². The molecule has 1 N–H and O–H groups in total. The molecule has 0 amide bonds. The van der Waals surface area contributed by atoms with E-state index >= 15 is 0 Å². The molecular weight excluding hydrogens is 198 g/mol. The molecule has 2 bridgehead atoms. The highest BCUT2D eigenvalue weighted by Gasteiger charge is 2.34. The average molecular weight is 223 g/mol. The quantitative estimate of drug-likeness (QED) is 0.776. The maximum atomic E-state index is 9.50. The van der Waals surface area contributed by atoms with Crippen molar-refractivity contribution in [2.45, 2.75) is 51.0 Å². The molecule has 16 heavy (non-hydrogen) atoms. The summed E-state index contributed by atoms with van der Waals surface area (Å²) in [7, 11) is 0. The van der Waals surface area contributed by atoms with E-state index in [0.717, 1.165) is 43.7 Å². The monoisotopic (exact) mass is 223 g/mol. The van der Waals surface area contributed by atoms with Crippen molar-refractivity contribution in [2.75, 3.05) is 19.6 Å². The van der Waals surface area contributed by atoms with Crippen LogP contribution in [0.25, 0.3) is 0 Å². The van der Waals surface area contributed by atoms with Crippen LogP contribution >= 0.6 is 0 Å². The van der Waals surface area contributed by atoms with E-state index in [9.17, 15) is 5.11 Å². The lowest BCUT2D eigenvalue weighted by molar-refractivity contribution is 0.0669. The Bertz CT molecular complexity index is 223. The van der Waals surface area contributed by atoms with Gasteiger partial charge in [-0.2, -0.15) is 0 Å². The Kier molecular flexibility index (Phi) is 3.21. The zero-order valence-corrected chi connectivity index (χ0v) is 10.3. The van der Waals surface area contributed by atoms with Crippen molar-refractivity contribution in [1.82, 2.24) is 4.90 Å². The van der Waals surface area contributed by atoms with Crippen LogP contribution in [0.4, 0.5) is 0 Å². The lowest BCUT2D eigenvalue weighted by Gasteiger charge is -2.35. The van der Waals surface area contributed by atoms with E-state index in [1.807, 2.05) is 0 Å². The number of likely N-dealkylation sites (tertiary alicyclic amines) is 1. The predicted octanol–water partition coefficient (Wildman–Crippen LogP) is 2.27. The van der Waals surface area contributed by atoms with Crippen LogP contribution in [0.5, 0.6) is 0 Å². The Hall–Kier alpha value is -0.0800. The van der Waals surface area contributed by atoms with Gasteiger partial charge in [0.25, 0.3) is 0 Å². The number of piperidine rings is 1. The standard InChI is InChI=1S/C14H25NO/c16-14-3-5-15(6-4-14)10-13-8-11-1-2-12(7-11)9-13/h11-14,16H,1-10H2/t11-,12+,13?. The van der Waals surface area contributed by atoms with Gasteiger partial charge in [-0.3, -0.25) is 0 Å². The highest BCUT2D eigenvalue weighted by Crippen LogP contribution is 2.44. The summed E-state index contributed by atoms with van der Waals surface area (Å²) >= 11 is 0. The molecular formula is C14H25NO. The second kappa shape index (κ2) is 4.66. The molecule has 2 heteroatoms. The molecule has 92 valence electrons. The summed E-state index contributed by atoms with van der Waals surface area (Å²) in [6.45, 7) is 3.58. The molecule has 1 heterocycles. The number of hydrogen-bond donors (Lipinski definition) is 1. The first-order valence-electron chi connectivity index (χ1n) is 7.20. The van der Waals surface area contributed by atoms with E-state index in [1.54, 1.807) is 0 Å². The number of hydrogen-bond acceptors (Lipinski definition) is 2. The number of nitrogens with zero attached hydrogens (tertiary/aromatic N) is 1. The first-order chi connectivity index (χ1) is 7.79. The Morgan fingerprint density at radius 2 is 1.50 bits per heavy atom.